The number of hydrogen-bond acceptors (Lipinski definition) is 5. The first-order valence-corrected chi connectivity index (χ1v) is 5.86. The zero-order valence-electron chi connectivity index (χ0n) is 10.7. The van der Waals surface area contributed by atoms with Crippen molar-refractivity contribution in [1.29, 1.82) is 0 Å². The number of ether oxygens (including phenoxy) is 1. The lowest BCUT2D eigenvalue weighted by atomic mass is 10.3. The predicted octanol–water partition coefficient (Wildman–Crippen LogP) is 2.18. The Hall–Kier alpha value is -2.63. The molecule has 3 aromatic rings. The summed E-state index contributed by atoms with van der Waals surface area (Å²) in [5, 5.41) is 11.4. The highest BCUT2D eigenvalue weighted by molar-refractivity contribution is 5.72. The summed E-state index contributed by atoms with van der Waals surface area (Å²) in [5.41, 5.74) is 1.53. The van der Waals surface area contributed by atoms with Gasteiger partial charge >= 0.3 is 0 Å². The number of aryl methyl sites for hydroxylation is 1. The van der Waals surface area contributed by atoms with E-state index in [9.17, 15) is 0 Å². The second-order valence-electron chi connectivity index (χ2n) is 4.04. The molecule has 0 saturated heterocycles. The summed E-state index contributed by atoms with van der Waals surface area (Å²) in [6, 6.07) is 7.66. The van der Waals surface area contributed by atoms with Crippen molar-refractivity contribution in [2.75, 3.05) is 12.4 Å². The minimum atomic E-state index is 0.646. The van der Waals surface area contributed by atoms with Gasteiger partial charge in [0, 0.05) is 12.4 Å². The fourth-order valence-electron chi connectivity index (χ4n) is 1.91. The van der Waals surface area contributed by atoms with Gasteiger partial charge in [-0.05, 0) is 19.1 Å². The highest BCUT2D eigenvalue weighted by Gasteiger charge is 2.09. The van der Waals surface area contributed by atoms with Crippen molar-refractivity contribution in [3.8, 4) is 5.75 Å². The molecular weight excluding hydrogens is 242 g/mol. The standard InChI is InChI=1S/C13H13N5O/c1-9-16-17-13-12(14-7-8-18(9)13)15-10-5-3-4-6-11(10)19-2/h3-8H,1-2H3,(H,14,15). The van der Waals surface area contributed by atoms with Gasteiger partial charge in [-0.15, -0.1) is 10.2 Å². The molecule has 0 saturated carbocycles. The van der Waals surface area contributed by atoms with Gasteiger partial charge in [-0.1, -0.05) is 12.1 Å². The van der Waals surface area contributed by atoms with Crippen LogP contribution in [0.4, 0.5) is 11.5 Å². The van der Waals surface area contributed by atoms with E-state index in [1.165, 1.54) is 0 Å². The van der Waals surface area contributed by atoms with Gasteiger partial charge in [0.25, 0.3) is 0 Å². The van der Waals surface area contributed by atoms with Gasteiger partial charge in [0.15, 0.2) is 5.82 Å². The molecule has 19 heavy (non-hydrogen) atoms. The molecule has 0 fully saturated rings. The van der Waals surface area contributed by atoms with E-state index in [2.05, 4.69) is 20.5 Å². The van der Waals surface area contributed by atoms with Crippen molar-refractivity contribution < 1.29 is 4.74 Å². The molecule has 3 rings (SSSR count). The number of benzene rings is 1. The quantitative estimate of drug-likeness (QED) is 0.777. The molecule has 0 unspecified atom stereocenters. The Morgan fingerprint density at radius 3 is 2.89 bits per heavy atom. The summed E-state index contributed by atoms with van der Waals surface area (Å²) in [6.07, 6.45) is 3.54. The third-order valence-electron chi connectivity index (χ3n) is 2.86. The maximum Gasteiger partial charge on any atom is 0.204 e. The average Bonchev–Trinajstić information content (AvgIpc) is 2.82. The molecule has 0 amide bonds. The maximum atomic E-state index is 5.30. The molecule has 1 N–H and O–H groups in total. The van der Waals surface area contributed by atoms with Crippen LogP contribution in [0.2, 0.25) is 0 Å². The molecule has 0 radical (unpaired) electrons. The maximum absolute atomic E-state index is 5.30. The van der Waals surface area contributed by atoms with Crippen molar-refractivity contribution in [2.24, 2.45) is 0 Å². The Morgan fingerprint density at radius 2 is 2.05 bits per heavy atom. The van der Waals surface area contributed by atoms with Gasteiger partial charge in [0.05, 0.1) is 12.8 Å². The lowest BCUT2D eigenvalue weighted by Gasteiger charge is -2.10. The second kappa shape index (κ2) is 4.56. The molecule has 0 aliphatic rings. The van der Waals surface area contributed by atoms with Crippen LogP contribution in [0.3, 0.4) is 0 Å². The Kier molecular flexibility index (Phi) is 2.75. The van der Waals surface area contributed by atoms with Crippen molar-refractivity contribution in [2.45, 2.75) is 6.92 Å². The number of methoxy groups -OCH3 is 1. The van der Waals surface area contributed by atoms with E-state index in [0.29, 0.717) is 11.5 Å². The molecule has 0 bridgehead atoms. The predicted molar refractivity (Wildman–Crippen MR) is 71.8 cm³/mol. The molecule has 96 valence electrons. The molecule has 6 heteroatoms. The number of aromatic nitrogens is 4. The Bertz CT molecular complexity index is 722. The molecule has 6 nitrogen and oxygen atoms in total. The first-order valence-electron chi connectivity index (χ1n) is 5.86. The smallest absolute Gasteiger partial charge is 0.204 e. The third kappa shape index (κ3) is 1.97. The Balaban J connectivity index is 2.06. The van der Waals surface area contributed by atoms with Gasteiger partial charge in [-0.3, -0.25) is 4.40 Å². The zero-order valence-corrected chi connectivity index (χ0v) is 10.7. The Labute approximate surface area is 110 Å². The van der Waals surface area contributed by atoms with Gasteiger partial charge in [0.1, 0.15) is 11.6 Å². The summed E-state index contributed by atoms with van der Waals surface area (Å²) in [6.45, 7) is 1.90. The fraction of sp³-hybridized carbons (Fsp3) is 0.154. The van der Waals surface area contributed by atoms with Gasteiger partial charge in [0.2, 0.25) is 5.65 Å². The van der Waals surface area contributed by atoms with Crippen molar-refractivity contribution in [1.82, 2.24) is 19.6 Å². The molecular formula is C13H13N5O. The first kappa shape index (κ1) is 11.5. The minimum absolute atomic E-state index is 0.646. The number of anilines is 2. The van der Waals surface area contributed by atoms with E-state index < -0.39 is 0 Å². The number of nitrogens with one attached hydrogen (secondary N) is 1. The van der Waals surface area contributed by atoms with E-state index in [4.69, 9.17) is 4.74 Å². The van der Waals surface area contributed by atoms with Gasteiger partial charge in [-0.25, -0.2) is 4.98 Å². The van der Waals surface area contributed by atoms with Crippen LogP contribution in [-0.2, 0) is 0 Å². The van der Waals surface area contributed by atoms with Crippen LogP contribution in [0.5, 0.6) is 5.75 Å². The largest absolute Gasteiger partial charge is 0.495 e. The number of rotatable bonds is 3. The van der Waals surface area contributed by atoms with E-state index in [1.54, 1.807) is 13.3 Å². The van der Waals surface area contributed by atoms with Crippen molar-refractivity contribution in [3.63, 3.8) is 0 Å². The van der Waals surface area contributed by atoms with Crippen molar-refractivity contribution in [3.05, 3.63) is 42.5 Å². The third-order valence-corrected chi connectivity index (χ3v) is 2.86. The summed E-state index contributed by atoms with van der Waals surface area (Å²) in [4.78, 5) is 4.30. The molecule has 2 aromatic heterocycles. The van der Waals surface area contributed by atoms with Crippen molar-refractivity contribution >= 4 is 17.2 Å². The molecule has 0 aliphatic heterocycles. The summed E-state index contributed by atoms with van der Waals surface area (Å²) >= 11 is 0. The highest BCUT2D eigenvalue weighted by atomic mass is 16.5. The number of hydrogen-bond donors (Lipinski definition) is 1. The van der Waals surface area contributed by atoms with Crippen LogP contribution in [0, 0.1) is 6.92 Å². The summed E-state index contributed by atoms with van der Waals surface area (Å²) in [7, 11) is 1.63. The van der Waals surface area contributed by atoms with E-state index >= 15 is 0 Å². The van der Waals surface area contributed by atoms with Gasteiger partial charge < -0.3 is 10.1 Å². The van der Waals surface area contributed by atoms with E-state index in [-0.39, 0.29) is 0 Å². The minimum Gasteiger partial charge on any atom is -0.495 e. The van der Waals surface area contributed by atoms with Crippen LogP contribution in [0.15, 0.2) is 36.7 Å². The zero-order chi connectivity index (χ0) is 13.2. The molecule has 0 aliphatic carbocycles. The Morgan fingerprint density at radius 1 is 1.21 bits per heavy atom. The van der Waals surface area contributed by atoms with Crippen LogP contribution in [-0.4, -0.2) is 26.7 Å². The molecule has 0 spiro atoms. The number of para-hydroxylation sites is 2. The second-order valence-corrected chi connectivity index (χ2v) is 4.04. The lowest BCUT2D eigenvalue weighted by molar-refractivity contribution is 0.417. The highest BCUT2D eigenvalue weighted by Crippen LogP contribution is 2.27. The molecule has 1 aromatic carbocycles. The average molecular weight is 255 g/mol. The van der Waals surface area contributed by atoms with Crippen LogP contribution in [0.25, 0.3) is 5.65 Å². The van der Waals surface area contributed by atoms with Crippen LogP contribution in [0.1, 0.15) is 5.82 Å². The topological polar surface area (TPSA) is 64.3 Å². The van der Waals surface area contributed by atoms with Crippen LogP contribution < -0.4 is 10.1 Å². The number of nitrogens with zero attached hydrogens (tertiary/aromatic N) is 4. The van der Waals surface area contributed by atoms with Gasteiger partial charge in [-0.2, -0.15) is 0 Å². The molecule has 2 heterocycles. The summed E-state index contributed by atoms with van der Waals surface area (Å²) < 4.78 is 7.18. The summed E-state index contributed by atoms with van der Waals surface area (Å²) in [5.74, 6) is 2.22. The normalized spacial score (nSPS) is 10.6. The lowest BCUT2D eigenvalue weighted by Crippen LogP contribution is -2.00. The monoisotopic (exact) mass is 255 g/mol. The SMILES string of the molecule is COc1ccccc1Nc1nccn2c(C)nnc12. The van der Waals surface area contributed by atoms with E-state index in [0.717, 1.165) is 17.3 Å². The fourth-order valence-corrected chi connectivity index (χ4v) is 1.91. The number of fused-ring (bicyclic) bond motifs is 1. The van der Waals surface area contributed by atoms with Crippen LogP contribution >= 0.6 is 0 Å². The molecule has 0 atom stereocenters. The first-order chi connectivity index (χ1) is 9.29. The van der Waals surface area contributed by atoms with E-state index in [1.807, 2.05) is 41.8 Å².